The highest BCUT2D eigenvalue weighted by molar-refractivity contribution is 6.30. The fourth-order valence-electron chi connectivity index (χ4n) is 6.09. The first-order valence-corrected chi connectivity index (χ1v) is 13.2. The number of nitrogens with zero attached hydrogens (tertiary/aromatic N) is 3. The van der Waals surface area contributed by atoms with Crippen molar-refractivity contribution < 1.29 is 4.79 Å². The molecule has 0 bridgehead atoms. The molecule has 1 N–H and O–H groups in total. The van der Waals surface area contributed by atoms with Gasteiger partial charge in [0.05, 0.1) is 11.6 Å². The Bertz CT molecular complexity index is 1090. The summed E-state index contributed by atoms with van der Waals surface area (Å²) >= 11 is 6.16. The van der Waals surface area contributed by atoms with Crippen LogP contribution in [0.4, 0.5) is 10.5 Å². The van der Waals surface area contributed by atoms with Crippen LogP contribution in [0.25, 0.3) is 0 Å². The molecule has 2 amide bonds. The number of fused-ring (bicyclic) bond motifs is 1. The van der Waals surface area contributed by atoms with E-state index in [9.17, 15) is 10.1 Å². The van der Waals surface area contributed by atoms with Gasteiger partial charge in [0, 0.05) is 41.9 Å². The Labute approximate surface area is 215 Å². The number of carbonyl (C=O) groups is 1. The number of hydrogen-bond acceptors (Lipinski definition) is 3. The van der Waals surface area contributed by atoms with Gasteiger partial charge in [0.15, 0.2) is 0 Å². The van der Waals surface area contributed by atoms with Gasteiger partial charge < -0.3 is 10.2 Å². The maximum atomic E-state index is 13.5. The number of benzene rings is 2. The summed E-state index contributed by atoms with van der Waals surface area (Å²) < 4.78 is 0. The zero-order chi connectivity index (χ0) is 25.2. The molecule has 2 unspecified atom stereocenters. The van der Waals surface area contributed by atoms with Crippen molar-refractivity contribution in [3.8, 4) is 6.07 Å². The van der Waals surface area contributed by atoms with Crippen LogP contribution in [-0.4, -0.2) is 47.0 Å². The molecule has 3 atom stereocenters. The van der Waals surface area contributed by atoms with Crippen LogP contribution in [-0.2, 0) is 5.41 Å². The topological polar surface area (TPSA) is 59.4 Å². The Morgan fingerprint density at radius 3 is 2.54 bits per heavy atom. The molecule has 2 fully saturated rings. The largest absolute Gasteiger partial charge is 0.322 e. The monoisotopic (exact) mass is 492 g/mol. The predicted octanol–water partition coefficient (Wildman–Crippen LogP) is 6.67. The average Bonchev–Trinajstić information content (AvgIpc) is 3.56. The number of nitrogens with one attached hydrogen (secondary N) is 1. The Kier molecular flexibility index (Phi) is 7.73. The van der Waals surface area contributed by atoms with Crippen LogP contribution < -0.4 is 5.32 Å². The van der Waals surface area contributed by atoms with Crippen molar-refractivity contribution in [1.82, 2.24) is 9.80 Å². The zero-order valence-corrected chi connectivity index (χ0v) is 22.1. The first-order chi connectivity index (χ1) is 16.7. The highest BCUT2D eigenvalue weighted by Crippen LogP contribution is 2.62. The Morgan fingerprint density at radius 2 is 1.89 bits per heavy atom. The standard InChI is InChI=1S/C29H37ClN4O/c1-20(2)33(21(3)4)13-14-34(28(35)32-26-10-6-9-25(30)17-26)27-11-12-29(18-24(29)16-27)23-8-5-7-22(15-23)19-31/h5-10,15,17,20-21,24,27H,11-14,16,18H2,1-4H3,(H,32,35)/t24?,27?,29-/m1/s1. The molecule has 186 valence electrons. The molecule has 0 radical (unpaired) electrons. The van der Waals surface area contributed by atoms with E-state index in [4.69, 9.17) is 11.6 Å². The van der Waals surface area contributed by atoms with E-state index in [1.165, 1.54) is 5.56 Å². The van der Waals surface area contributed by atoms with E-state index in [-0.39, 0.29) is 17.5 Å². The third-order valence-corrected chi connectivity index (χ3v) is 8.22. The number of halogens is 1. The quantitative estimate of drug-likeness (QED) is 0.447. The van der Waals surface area contributed by atoms with E-state index in [1.807, 2.05) is 30.3 Å². The molecule has 2 saturated carbocycles. The van der Waals surface area contributed by atoms with Crippen molar-refractivity contribution >= 4 is 23.3 Å². The van der Waals surface area contributed by atoms with Gasteiger partial charge in [-0.3, -0.25) is 4.90 Å². The predicted molar refractivity (Wildman–Crippen MR) is 143 cm³/mol. The van der Waals surface area contributed by atoms with Gasteiger partial charge in [-0.15, -0.1) is 0 Å². The lowest BCUT2D eigenvalue weighted by atomic mass is 9.80. The van der Waals surface area contributed by atoms with Gasteiger partial charge in [0.25, 0.3) is 0 Å². The second-order valence-corrected chi connectivity index (χ2v) is 11.2. The summed E-state index contributed by atoms with van der Waals surface area (Å²) in [6.45, 7) is 10.4. The van der Waals surface area contributed by atoms with Crippen LogP contribution in [0.5, 0.6) is 0 Å². The number of carbonyl (C=O) groups excluding carboxylic acids is 1. The molecule has 35 heavy (non-hydrogen) atoms. The highest BCUT2D eigenvalue weighted by Gasteiger charge is 2.58. The normalized spacial score (nSPS) is 23.2. The first kappa shape index (κ1) is 25.5. The molecule has 0 aromatic heterocycles. The first-order valence-electron chi connectivity index (χ1n) is 12.8. The minimum Gasteiger partial charge on any atom is -0.320 e. The van der Waals surface area contributed by atoms with E-state index in [1.54, 1.807) is 6.07 Å². The third-order valence-electron chi connectivity index (χ3n) is 7.98. The molecular weight excluding hydrogens is 456 g/mol. The van der Waals surface area contributed by atoms with Crippen molar-refractivity contribution in [1.29, 1.82) is 5.26 Å². The number of anilines is 1. The van der Waals surface area contributed by atoms with Gasteiger partial charge in [-0.25, -0.2) is 4.79 Å². The van der Waals surface area contributed by atoms with Gasteiger partial charge in [-0.1, -0.05) is 29.8 Å². The van der Waals surface area contributed by atoms with Crippen molar-refractivity contribution in [3.05, 3.63) is 64.7 Å². The fourth-order valence-corrected chi connectivity index (χ4v) is 6.28. The number of amides is 2. The van der Waals surface area contributed by atoms with Gasteiger partial charge in [-0.2, -0.15) is 5.26 Å². The maximum absolute atomic E-state index is 13.5. The van der Waals surface area contributed by atoms with Gasteiger partial charge in [0.1, 0.15) is 0 Å². The summed E-state index contributed by atoms with van der Waals surface area (Å²) in [5.74, 6) is 0.558. The van der Waals surface area contributed by atoms with Crippen LogP contribution in [0.15, 0.2) is 48.5 Å². The lowest BCUT2D eigenvalue weighted by Gasteiger charge is -2.39. The average molecular weight is 493 g/mol. The molecule has 4 rings (SSSR count). The molecule has 5 nitrogen and oxygen atoms in total. The summed E-state index contributed by atoms with van der Waals surface area (Å²) in [5, 5.41) is 13.0. The van der Waals surface area contributed by atoms with Gasteiger partial charge >= 0.3 is 6.03 Å². The zero-order valence-electron chi connectivity index (χ0n) is 21.3. The third kappa shape index (κ3) is 5.66. The van der Waals surface area contributed by atoms with Crippen molar-refractivity contribution in [2.24, 2.45) is 5.92 Å². The van der Waals surface area contributed by atoms with E-state index in [0.29, 0.717) is 29.6 Å². The smallest absolute Gasteiger partial charge is 0.320 e. The summed E-state index contributed by atoms with van der Waals surface area (Å²) in [6.07, 6.45) is 4.17. The molecular formula is C29H37ClN4O. The highest BCUT2D eigenvalue weighted by atomic mass is 35.5. The molecule has 0 heterocycles. The number of hydrogen-bond donors (Lipinski definition) is 1. The van der Waals surface area contributed by atoms with Gasteiger partial charge in [0.2, 0.25) is 0 Å². The minimum atomic E-state index is -0.0515. The molecule has 2 aromatic carbocycles. The number of urea groups is 1. The Balaban J connectivity index is 1.50. The van der Waals surface area contributed by atoms with E-state index in [2.05, 4.69) is 61.0 Å². The second kappa shape index (κ2) is 10.6. The summed E-state index contributed by atoms with van der Waals surface area (Å²) in [4.78, 5) is 18.1. The lowest BCUT2D eigenvalue weighted by molar-refractivity contribution is 0.120. The fraction of sp³-hybridized carbons (Fsp3) is 0.517. The number of nitriles is 1. The molecule has 2 aromatic rings. The molecule has 2 aliphatic carbocycles. The summed E-state index contributed by atoms with van der Waals surface area (Å²) in [7, 11) is 0. The Hall–Kier alpha value is -2.55. The number of rotatable bonds is 8. The van der Waals surface area contributed by atoms with Crippen LogP contribution in [0.2, 0.25) is 5.02 Å². The second-order valence-electron chi connectivity index (χ2n) is 10.7. The lowest BCUT2D eigenvalue weighted by Crippen LogP contribution is -2.50. The molecule has 6 heteroatoms. The molecule has 2 aliphatic rings. The summed E-state index contributed by atoms with van der Waals surface area (Å²) in [5.41, 5.74) is 2.93. The minimum absolute atomic E-state index is 0.0515. The Morgan fingerprint density at radius 1 is 1.14 bits per heavy atom. The molecule has 0 saturated heterocycles. The van der Waals surface area contributed by atoms with Gasteiger partial charge in [-0.05, 0) is 101 Å². The van der Waals surface area contributed by atoms with Crippen LogP contribution in [0.1, 0.15) is 64.5 Å². The van der Waals surface area contributed by atoms with E-state index < -0.39 is 0 Å². The van der Waals surface area contributed by atoms with Crippen LogP contribution >= 0.6 is 11.6 Å². The van der Waals surface area contributed by atoms with E-state index in [0.717, 1.165) is 43.5 Å². The SMILES string of the molecule is CC(C)N(CCN(C(=O)Nc1cccc(Cl)c1)C1CC[C@]2(c3cccc(C#N)c3)CC2C1)C(C)C. The molecule has 0 spiro atoms. The molecule has 0 aliphatic heterocycles. The van der Waals surface area contributed by atoms with Crippen molar-refractivity contribution in [3.63, 3.8) is 0 Å². The maximum Gasteiger partial charge on any atom is 0.322 e. The van der Waals surface area contributed by atoms with Crippen LogP contribution in [0.3, 0.4) is 0 Å². The van der Waals surface area contributed by atoms with E-state index >= 15 is 0 Å². The van der Waals surface area contributed by atoms with Crippen LogP contribution in [0, 0.1) is 17.2 Å². The van der Waals surface area contributed by atoms with Crippen molar-refractivity contribution in [2.75, 3.05) is 18.4 Å². The van der Waals surface area contributed by atoms with Crippen molar-refractivity contribution in [2.45, 2.75) is 76.9 Å². The summed E-state index contributed by atoms with van der Waals surface area (Å²) in [6, 6.07) is 18.7.